The maximum Gasteiger partial charge on any atom is 0.282 e. The average Bonchev–Trinajstić information content (AvgIpc) is 2.87. The lowest BCUT2D eigenvalue weighted by molar-refractivity contribution is -0.921. The summed E-state index contributed by atoms with van der Waals surface area (Å²) in [5.41, 5.74) is 5.61. The molecule has 1 atom stereocenters. The first-order valence-corrected chi connectivity index (χ1v) is 7.08. The largest absolute Gasteiger partial charge is 0.370 e. The number of primary amides is 1. The Hall–Kier alpha value is -1.44. The number of carbonyl (C=O) groups excluding carboxylic acids is 2. The Morgan fingerprint density at radius 1 is 1.47 bits per heavy atom. The number of morpholine rings is 1. The molecule has 2 rings (SSSR count). The van der Waals surface area contributed by atoms with Gasteiger partial charge in [0.25, 0.3) is 11.8 Å². The summed E-state index contributed by atoms with van der Waals surface area (Å²) in [7, 11) is 0. The number of nitrogens with two attached hydrogens (primary N) is 1. The molecule has 0 spiro atoms. The van der Waals surface area contributed by atoms with E-state index in [1.807, 2.05) is 6.92 Å². The summed E-state index contributed by atoms with van der Waals surface area (Å²) >= 11 is 1.30. The predicted molar refractivity (Wildman–Crippen MR) is 72.4 cm³/mol. The Morgan fingerprint density at radius 2 is 2.16 bits per heavy atom. The summed E-state index contributed by atoms with van der Waals surface area (Å²) < 4.78 is 5.27. The van der Waals surface area contributed by atoms with Crippen molar-refractivity contribution in [2.45, 2.75) is 13.0 Å². The number of hydrogen-bond donors (Lipinski definition) is 3. The summed E-state index contributed by atoms with van der Waals surface area (Å²) in [6, 6.07) is 1.45. The van der Waals surface area contributed by atoms with Crippen LogP contribution in [-0.2, 0) is 9.53 Å². The molecule has 104 valence electrons. The van der Waals surface area contributed by atoms with Gasteiger partial charge in [-0.25, -0.2) is 0 Å². The van der Waals surface area contributed by atoms with Crippen molar-refractivity contribution in [3.8, 4) is 0 Å². The van der Waals surface area contributed by atoms with Crippen LogP contribution in [0.15, 0.2) is 11.4 Å². The van der Waals surface area contributed by atoms with Crippen LogP contribution < -0.4 is 16.0 Å². The van der Waals surface area contributed by atoms with Crippen molar-refractivity contribution in [3.63, 3.8) is 0 Å². The highest BCUT2D eigenvalue weighted by Crippen LogP contribution is 2.22. The molecule has 7 heteroatoms. The smallest absolute Gasteiger partial charge is 0.282 e. The van der Waals surface area contributed by atoms with Gasteiger partial charge < -0.3 is 20.7 Å². The highest BCUT2D eigenvalue weighted by Gasteiger charge is 2.27. The molecule has 1 aliphatic rings. The van der Waals surface area contributed by atoms with Crippen molar-refractivity contribution in [2.24, 2.45) is 5.73 Å². The second-order valence-electron chi connectivity index (χ2n) is 4.51. The number of anilines is 1. The third kappa shape index (κ3) is 3.31. The lowest BCUT2D eigenvalue weighted by atomic mass is 10.2. The van der Waals surface area contributed by atoms with Gasteiger partial charge in [0, 0.05) is 0 Å². The third-order valence-corrected chi connectivity index (χ3v) is 4.14. The highest BCUT2D eigenvalue weighted by molar-refractivity contribution is 7.14. The maximum absolute atomic E-state index is 12.2. The topological polar surface area (TPSA) is 85.9 Å². The van der Waals surface area contributed by atoms with Crippen molar-refractivity contribution < 1.29 is 19.2 Å². The Morgan fingerprint density at radius 3 is 2.79 bits per heavy atom. The van der Waals surface area contributed by atoms with E-state index in [0.717, 1.165) is 13.1 Å². The van der Waals surface area contributed by atoms with Crippen molar-refractivity contribution in [1.29, 1.82) is 0 Å². The van der Waals surface area contributed by atoms with Crippen LogP contribution in [0.25, 0.3) is 0 Å². The molecule has 19 heavy (non-hydrogen) atoms. The van der Waals surface area contributed by atoms with Crippen LogP contribution in [0, 0.1) is 0 Å². The second kappa shape index (κ2) is 6.14. The van der Waals surface area contributed by atoms with Crippen LogP contribution in [0.1, 0.15) is 17.3 Å². The van der Waals surface area contributed by atoms with Crippen molar-refractivity contribution in [3.05, 3.63) is 17.0 Å². The number of quaternary nitrogens is 1. The zero-order valence-electron chi connectivity index (χ0n) is 10.8. The first-order valence-electron chi connectivity index (χ1n) is 6.20. The SMILES string of the molecule is C[C@@H](C(=O)Nc1sccc1C(N)=O)[NH+]1CCOCC1. The molecule has 0 aliphatic carbocycles. The molecule has 2 heterocycles. The number of carbonyl (C=O) groups is 2. The molecule has 1 aromatic heterocycles. The number of amides is 2. The molecule has 1 aliphatic heterocycles. The lowest BCUT2D eigenvalue weighted by Gasteiger charge is -2.28. The number of ether oxygens (including phenoxy) is 1. The van der Waals surface area contributed by atoms with Gasteiger partial charge in [-0.05, 0) is 18.4 Å². The molecular formula is C12H18N3O3S+. The Bertz CT molecular complexity index is 469. The van der Waals surface area contributed by atoms with E-state index in [1.54, 1.807) is 11.4 Å². The second-order valence-corrected chi connectivity index (χ2v) is 5.43. The lowest BCUT2D eigenvalue weighted by Crippen LogP contribution is -3.18. The van der Waals surface area contributed by atoms with Gasteiger partial charge in [-0.2, -0.15) is 0 Å². The number of nitrogens with one attached hydrogen (secondary N) is 2. The van der Waals surface area contributed by atoms with Gasteiger partial charge in [0.05, 0.1) is 18.8 Å². The van der Waals surface area contributed by atoms with Crippen LogP contribution in [0.5, 0.6) is 0 Å². The van der Waals surface area contributed by atoms with E-state index >= 15 is 0 Å². The minimum atomic E-state index is -0.525. The Balaban J connectivity index is 1.99. The first-order chi connectivity index (χ1) is 9.09. The van der Waals surface area contributed by atoms with E-state index in [0.29, 0.717) is 23.8 Å². The fraction of sp³-hybridized carbons (Fsp3) is 0.500. The summed E-state index contributed by atoms with van der Waals surface area (Å²) in [6.45, 7) is 4.88. The normalized spacial score (nSPS) is 17.9. The van der Waals surface area contributed by atoms with E-state index in [1.165, 1.54) is 16.2 Å². The van der Waals surface area contributed by atoms with E-state index in [9.17, 15) is 9.59 Å². The van der Waals surface area contributed by atoms with Crippen LogP contribution in [-0.4, -0.2) is 44.2 Å². The van der Waals surface area contributed by atoms with Crippen molar-refractivity contribution >= 4 is 28.2 Å². The van der Waals surface area contributed by atoms with Gasteiger partial charge in [0.1, 0.15) is 18.1 Å². The number of thiophene rings is 1. The third-order valence-electron chi connectivity index (χ3n) is 3.31. The zero-order chi connectivity index (χ0) is 13.8. The molecule has 6 nitrogen and oxygen atoms in total. The minimum absolute atomic E-state index is 0.0955. The summed E-state index contributed by atoms with van der Waals surface area (Å²) in [5, 5.41) is 5.05. The summed E-state index contributed by atoms with van der Waals surface area (Å²) in [6.07, 6.45) is 0. The first kappa shape index (κ1) is 14.0. The maximum atomic E-state index is 12.2. The molecule has 0 bridgehead atoms. The molecule has 0 unspecified atom stereocenters. The van der Waals surface area contributed by atoms with Crippen molar-refractivity contribution in [2.75, 3.05) is 31.6 Å². The monoisotopic (exact) mass is 284 g/mol. The average molecular weight is 284 g/mol. The predicted octanol–water partition coefficient (Wildman–Crippen LogP) is -0.911. The molecule has 0 radical (unpaired) electrons. The molecular weight excluding hydrogens is 266 g/mol. The fourth-order valence-corrected chi connectivity index (χ4v) is 2.87. The molecule has 1 saturated heterocycles. The van der Waals surface area contributed by atoms with Gasteiger partial charge in [-0.1, -0.05) is 0 Å². The fourth-order valence-electron chi connectivity index (χ4n) is 2.07. The van der Waals surface area contributed by atoms with Crippen LogP contribution >= 0.6 is 11.3 Å². The molecule has 0 saturated carbocycles. The minimum Gasteiger partial charge on any atom is -0.370 e. The van der Waals surface area contributed by atoms with Crippen LogP contribution in [0.3, 0.4) is 0 Å². The molecule has 1 aromatic rings. The number of rotatable bonds is 4. The van der Waals surface area contributed by atoms with Gasteiger partial charge in [0.15, 0.2) is 6.04 Å². The molecule has 0 aromatic carbocycles. The van der Waals surface area contributed by atoms with Crippen LogP contribution in [0.4, 0.5) is 5.00 Å². The van der Waals surface area contributed by atoms with E-state index in [-0.39, 0.29) is 11.9 Å². The van der Waals surface area contributed by atoms with Crippen LogP contribution in [0.2, 0.25) is 0 Å². The van der Waals surface area contributed by atoms with Gasteiger partial charge >= 0.3 is 0 Å². The van der Waals surface area contributed by atoms with Gasteiger partial charge in [-0.3, -0.25) is 9.59 Å². The zero-order valence-corrected chi connectivity index (χ0v) is 11.6. The van der Waals surface area contributed by atoms with E-state index in [2.05, 4.69) is 5.32 Å². The Labute approximate surface area is 115 Å². The molecule has 4 N–H and O–H groups in total. The van der Waals surface area contributed by atoms with Gasteiger partial charge in [0.2, 0.25) is 0 Å². The van der Waals surface area contributed by atoms with E-state index < -0.39 is 5.91 Å². The molecule has 2 amide bonds. The quantitative estimate of drug-likeness (QED) is 0.669. The standard InChI is InChI=1S/C12H17N3O3S/c1-8(15-3-5-18-6-4-15)11(17)14-12-9(10(13)16)2-7-19-12/h2,7-8H,3-6H2,1H3,(H2,13,16)(H,14,17)/p+1/t8-/m0/s1. The number of hydrogen-bond acceptors (Lipinski definition) is 4. The van der Waals surface area contributed by atoms with E-state index in [4.69, 9.17) is 10.5 Å². The summed E-state index contributed by atoms with van der Waals surface area (Å²) in [5.74, 6) is -0.621. The Kier molecular flexibility index (Phi) is 4.52. The highest BCUT2D eigenvalue weighted by atomic mass is 32.1. The van der Waals surface area contributed by atoms with Gasteiger partial charge in [-0.15, -0.1) is 11.3 Å². The van der Waals surface area contributed by atoms with Crippen molar-refractivity contribution in [1.82, 2.24) is 0 Å². The summed E-state index contributed by atoms with van der Waals surface area (Å²) in [4.78, 5) is 24.6. The molecule has 1 fully saturated rings.